The van der Waals surface area contributed by atoms with E-state index < -0.39 is 0 Å². The van der Waals surface area contributed by atoms with Crippen molar-refractivity contribution >= 4 is 34.2 Å². The van der Waals surface area contributed by atoms with Crippen LogP contribution in [0.2, 0.25) is 0 Å². The van der Waals surface area contributed by atoms with Crippen molar-refractivity contribution in [3.05, 3.63) is 35.9 Å². The van der Waals surface area contributed by atoms with Crippen LogP contribution in [0.4, 0.5) is 4.79 Å². The van der Waals surface area contributed by atoms with Crippen LogP contribution in [0.3, 0.4) is 0 Å². The molecule has 4 heteroatoms. The van der Waals surface area contributed by atoms with Gasteiger partial charge in [-0.15, -0.1) is 0 Å². The van der Waals surface area contributed by atoms with Crippen LogP contribution in [0.15, 0.2) is 30.3 Å². The van der Waals surface area contributed by atoms with E-state index in [1.165, 1.54) is 11.8 Å². The van der Waals surface area contributed by atoms with Crippen molar-refractivity contribution in [1.82, 2.24) is 4.90 Å². The average molecular weight is 223 g/mol. The van der Waals surface area contributed by atoms with Crippen molar-refractivity contribution in [1.29, 1.82) is 0 Å². The van der Waals surface area contributed by atoms with Crippen molar-refractivity contribution < 1.29 is 4.79 Å². The summed E-state index contributed by atoms with van der Waals surface area (Å²) in [5.41, 5.74) is 1.12. The molecule has 14 heavy (non-hydrogen) atoms. The first-order valence-electron chi connectivity index (χ1n) is 4.28. The molecule has 2 rings (SSSR count). The lowest BCUT2D eigenvalue weighted by Crippen LogP contribution is -2.26. The first-order chi connectivity index (χ1) is 6.77. The Morgan fingerprint density at radius 1 is 1.36 bits per heavy atom. The Morgan fingerprint density at radius 3 is 2.64 bits per heavy atom. The molecule has 1 fully saturated rings. The standard InChI is InChI=1S/C10H9NOS2/c12-10-11(9(13)7-14-10)6-8-4-2-1-3-5-8/h1-5H,6-7H2. The van der Waals surface area contributed by atoms with E-state index in [2.05, 4.69) is 0 Å². The van der Waals surface area contributed by atoms with E-state index in [1.807, 2.05) is 30.3 Å². The van der Waals surface area contributed by atoms with E-state index in [4.69, 9.17) is 12.2 Å². The Kier molecular flexibility index (Phi) is 2.84. The van der Waals surface area contributed by atoms with E-state index in [9.17, 15) is 4.79 Å². The Hall–Kier alpha value is -0.870. The number of carbonyl (C=O) groups excluding carboxylic acids is 1. The quantitative estimate of drug-likeness (QED) is 0.719. The van der Waals surface area contributed by atoms with Gasteiger partial charge in [-0.3, -0.25) is 9.69 Å². The van der Waals surface area contributed by atoms with Crippen LogP contribution < -0.4 is 0 Å². The molecule has 1 aromatic rings. The second-order valence-electron chi connectivity index (χ2n) is 3.02. The van der Waals surface area contributed by atoms with Crippen molar-refractivity contribution in [2.75, 3.05) is 5.75 Å². The molecule has 0 radical (unpaired) electrons. The largest absolute Gasteiger partial charge is 0.292 e. The molecule has 0 unspecified atom stereocenters. The number of hydrogen-bond acceptors (Lipinski definition) is 3. The van der Waals surface area contributed by atoms with Crippen LogP contribution in [0.25, 0.3) is 0 Å². The molecule has 1 aliphatic heterocycles. The van der Waals surface area contributed by atoms with Gasteiger partial charge in [0.1, 0.15) is 0 Å². The van der Waals surface area contributed by atoms with Crippen LogP contribution in [0, 0.1) is 0 Å². The summed E-state index contributed by atoms with van der Waals surface area (Å²) in [5, 5.41) is 0.0684. The minimum absolute atomic E-state index is 0.0684. The number of benzene rings is 1. The number of rotatable bonds is 2. The second-order valence-corrected chi connectivity index (χ2v) is 4.42. The molecule has 1 heterocycles. The summed E-state index contributed by atoms with van der Waals surface area (Å²) in [7, 11) is 0. The average Bonchev–Trinajstić information content (AvgIpc) is 2.51. The number of hydrogen-bond donors (Lipinski definition) is 0. The van der Waals surface area contributed by atoms with Crippen molar-refractivity contribution in [2.45, 2.75) is 6.54 Å². The number of thiocarbonyl (C=S) groups is 1. The van der Waals surface area contributed by atoms with Crippen molar-refractivity contribution in [3.63, 3.8) is 0 Å². The minimum atomic E-state index is 0.0684. The molecule has 0 aromatic heterocycles. The Morgan fingerprint density at radius 2 is 2.07 bits per heavy atom. The maximum atomic E-state index is 11.4. The fourth-order valence-corrected chi connectivity index (χ4v) is 2.42. The monoisotopic (exact) mass is 223 g/mol. The Bertz CT molecular complexity index is 348. The van der Waals surface area contributed by atoms with Gasteiger partial charge < -0.3 is 0 Å². The number of thioether (sulfide) groups is 1. The third-order valence-corrected chi connectivity index (χ3v) is 3.46. The van der Waals surface area contributed by atoms with Gasteiger partial charge in [0.2, 0.25) is 0 Å². The van der Waals surface area contributed by atoms with Crippen LogP contribution in [0.1, 0.15) is 5.56 Å². The lowest BCUT2D eigenvalue weighted by molar-refractivity contribution is 0.244. The van der Waals surface area contributed by atoms with Crippen LogP contribution in [-0.4, -0.2) is 20.9 Å². The molecule has 72 valence electrons. The van der Waals surface area contributed by atoms with Gasteiger partial charge in [-0.25, -0.2) is 0 Å². The molecule has 2 nitrogen and oxygen atoms in total. The van der Waals surface area contributed by atoms with Crippen LogP contribution >= 0.6 is 24.0 Å². The summed E-state index contributed by atoms with van der Waals surface area (Å²) in [6.45, 7) is 0.603. The van der Waals surface area contributed by atoms with E-state index in [1.54, 1.807) is 4.90 Å². The van der Waals surface area contributed by atoms with E-state index in [0.29, 0.717) is 12.3 Å². The van der Waals surface area contributed by atoms with Crippen LogP contribution in [-0.2, 0) is 6.54 Å². The maximum Gasteiger partial charge on any atom is 0.287 e. The highest BCUT2D eigenvalue weighted by Gasteiger charge is 2.26. The van der Waals surface area contributed by atoms with E-state index in [-0.39, 0.29) is 5.24 Å². The number of carbonyl (C=O) groups is 1. The zero-order valence-corrected chi connectivity index (χ0v) is 9.11. The number of nitrogens with zero attached hydrogens (tertiary/aromatic N) is 1. The molecule has 0 spiro atoms. The molecular formula is C10H9NOS2. The van der Waals surface area contributed by atoms with Gasteiger partial charge in [0.25, 0.3) is 5.24 Å². The van der Waals surface area contributed by atoms with Gasteiger partial charge in [-0.2, -0.15) is 0 Å². The zero-order chi connectivity index (χ0) is 9.97. The summed E-state index contributed by atoms with van der Waals surface area (Å²) in [6.07, 6.45) is 0. The van der Waals surface area contributed by atoms with Gasteiger partial charge in [-0.05, 0) is 5.56 Å². The van der Waals surface area contributed by atoms with E-state index in [0.717, 1.165) is 10.6 Å². The Labute approximate surface area is 92.3 Å². The molecule has 1 amide bonds. The fourth-order valence-electron chi connectivity index (χ4n) is 1.30. The highest BCUT2D eigenvalue weighted by Crippen LogP contribution is 2.22. The molecule has 1 saturated heterocycles. The van der Waals surface area contributed by atoms with Gasteiger partial charge in [-0.1, -0.05) is 54.3 Å². The first kappa shape index (κ1) is 9.68. The van der Waals surface area contributed by atoms with Gasteiger partial charge in [0.05, 0.1) is 17.3 Å². The molecule has 1 aliphatic rings. The SMILES string of the molecule is O=C1SCC(=S)N1Cc1ccccc1. The van der Waals surface area contributed by atoms with Gasteiger partial charge in [0.15, 0.2) is 0 Å². The third kappa shape index (κ3) is 1.96. The smallest absolute Gasteiger partial charge is 0.287 e. The summed E-state index contributed by atoms with van der Waals surface area (Å²) in [5.74, 6) is 0.654. The predicted molar refractivity (Wildman–Crippen MR) is 62.4 cm³/mol. The first-order valence-corrected chi connectivity index (χ1v) is 5.68. The lowest BCUT2D eigenvalue weighted by Gasteiger charge is -2.14. The lowest BCUT2D eigenvalue weighted by atomic mass is 10.2. The number of amides is 1. The molecule has 0 saturated carbocycles. The summed E-state index contributed by atoms with van der Waals surface area (Å²) in [6, 6.07) is 9.89. The second kappa shape index (κ2) is 4.11. The minimum Gasteiger partial charge on any atom is -0.292 e. The normalized spacial score (nSPS) is 16.4. The fraction of sp³-hybridized carbons (Fsp3) is 0.200. The summed E-state index contributed by atoms with van der Waals surface area (Å²) in [4.78, 5) is 13.8. The Balaban J connectivity index is 2.11. The topological polar surface area (TPSA) is 20.3 Å². The van der Waals surface area contributed by atoms with Crippen molar-refractivity contribution in [3.8, 4) is 0 Å². The van der Waals surface area contributed by atoms with Crippen LogP contribution in [0.5, 0.6) is 0 Å². The molecule has 0 aliphatic carbocycles. The summed E-state index contributed by atoms with van der Waals surface area (Å²) >= 11 is 6.38. The summed E-state index contributed by atoms with van der Waals surface area (Å²) < 4.78 is 0. The molecule has 1 aromatic carbocycles. The zero-order valence-electron chi connectivity index (χ0n) is 7.47. The molecule has 0 N–H and O–H groups in total. The highest BCUT2D eigenvalue weighted by atomic mass is 32.2. The maximum absolute atomic E-state index is 11.4. The highest BCUT2D eigenvalue weighted by molar-refractivity contribution is 8.15. The van der Waals surface area contributed by atoms with Crippen molar-refractivity contribution in [2.24, 2.45) is 0 Å². The molecule has 0 atom stereocenters. The molecular weight excluding hydrogens is 214 g/mol. The van der Waals surface area contributed by atoms with E-state index >= 15 is 0 Å². The third-order valence-electron chi connectivity index (χ3n) is 2.02. The molecule has 0 bridgehead atoms. The predicted octanol–water partition coefficient (Wildman–Crippen LogP) is 2.68. The van der Waals surface area contributed by atoms with Gasteiger partial charge in [0, 0.05) is 0 Å². The van der Waals surface area contributed by atoms with Gasteiger partial charge >= 0.3 is 0 Å².